The lowest BCUT2D eigenvalue weighted by Gasteiger charge is -2.22. The fraction of sp³-hybridized carbons (Fsp3) is 0.148. The zero-order chi connectivity index (χ0) is 27.4. The monoisotopic (exact) mass is 526 g/mol. The minimum atomic E-state index is -4.79. The standard InChI is InChI=1S/C27H22F4N4O3/c28-20-3-1-2-19(13-20)16-8-10-18(11-9-16)24(27(29,30)31)38-23-14-22(34-26(33)35-23)17-6-4-15(5-7-17)12-21(32)25(36)37/h1-11,13-14,21,24H,12,32H2,(H,36,37)(H2,33,34,35)/t21-,24-/m0/s1. The summed E-state index contributed by atoms with van der Waals surface area (Å²) < 4.78 is 60.8. The van der Waals surface area contributed by atoms with Gasteiger partial charge in [-0.25, -0.2) is 9.37 Å². The maximum Gasteiger partial charge on any atom is 0.429 e. The molecule has 2 atom stereocenters. The Morgan fingerprint density at radius 2 is 1.58 bits per heavy atom. The largest absolute Gasteiger partial charge is 0.480 e. The molecule has 1 heterocycles. The summed E-state index contributed by atoms with van der Waals surface area (Å²) in [4.78, 5) is 18.8. The number of anilines is 1. The number of hydrogen-bond acceptors (Lipinski definition) is 6. The number of carboxylic acids is 1. The Morgan fingerprint density at radius 3 is 2.18 bits per heavy atom. The first kappa shape index (κ1) is 26.6. The third-order valence-corrected chi connectivity index (χ3v) is 5.65. The third kappa shape index (κ3) is 6.43. The van der Waals surface area contributed by atoms with Gasteiger partial charge in [0.1, 0.15) is 11.9 Å². The van der Waals surface area contributed by atoms with Crippen LogP contribution in [0.25, 0.3) is 22.4 Å². The van der Waals surface area contributed by atoms with Gasteiger partial charge in [0.2, 0.25) is 17.9 Å². The summed E-state index contributed by atoms with van der Waals surface area (Å²) in [7, 11) is 0. The fourth-order valence-corrected chi connectivity index (χ4v) is 3.77. The van der Waals surface area contributed by atoms with E-state index in [1.165, 1.54) is 48.5 Å². The molecule has 196 valence electrons. The minimum absolute atomic E-state index is 0.0984. The highest BCUT2D eigenvalue weighted by molar-refractivity contribution is 5.73. The zero-order valence-corrected chi connectivity index (χ0v) is 19.7. The maximum absolute atomic E-state index is 14.0. The molecule has 0 radical (unpaired) electrons. The number of nitrogens with two attached hydrogens (primary N) is 2. The first-order chi connectivity index (χ1) is 18.0. The van der Waals surface area contributed by atoms with Crippen molar-refractivity contribution in [1.29, 1.82) is 0 Å². The van der Waals surface area contributed by atoms with E-state index in [9.17, 15) is 22.4 Å². The molecule has 0 saturated heterocycles. The molecular weight excluding hydrogens is 504 g/mol. The van der Waals surface area contributed by atoms with Crippen molar-refractivity contribution in [3.63, 3.8) is 0 Å². The van der Waals surface area contributed by atoms with Gasteiger partial charge in [-0.2, -0.15) is 18.2 Å². The van der Waals surface area contributed by atoms with Gasteiger partial charge >= 0.3 is 12.1 Å². The molecule has 0 bridgehead atoms. The molecule has 11 heteroatoms. The van der Waals surface area contributed by atoms with Crippen molar-refractivity contribution in [1.82, 2.24) is 9.97 Å². The maximum atomic E-state index is 14.0. The van der Waals surface area contributed by atoms with Crippen LogP contribution in [0.5, 0.6) is 5.88 Å². The van der Waals surface area contributed by atoms with Crippen molar-refractivity contribution in [2.45, 2.75) is 24.7 Å². The molecule has 4 aromatic rings. The van der Waals surface area contributed by atoms with Crippen LogP contribution in [0.3, 0.4) is 0 Å². The lowest BCUT2D eigenvalue weighted by atomic mass is 10.0. The molecular formula is C27H22F4N4O3. The average Bonchev–Trinajstić information content (AvgIpc) is 2.87. The van der Waals surface area contributed by atoms with E-state index in [0.717, 1.165) is 0 Å². The molecule has 38 heavy (non-hydrogen) atoms. The molecule has 0 aliphatic heterocycles. The quantitative estimate of drug-likeness (QED) is 0.271. The molecule has 7 nitrogen and oxygen atoms in total. The van der Waals surface area contributed by atoms with Crippen molar-refractivity contribution < 1.29 is 32.2 Å². The summed E-state index contributed by atoms with van der Waals surface area (Å²) in [6.45, 7) is 0. The molecule has 0 saturated carbocycles. The van der Waals surface area contributed by atoms with Gasteiger partial charge in [-0.05, 0) is 35.2 Å². The van der Waals surface area contributed by atoms with Crippen LogP contribution in [0, 0.1) is 5.82 Å². The Morgan fingerprint density at radius 1 is 0.921 bits per heavy atom. The number of rotatable bonds is 8. The first-order valence-electron chi connectivity index (χ1n) is 11.3. The summed E-state index contributed by atoms with van der Waals surface area (Å²) in [6, 6.07) is 17.8. The minimum Gasteiger partial charge on any atom is -0.480 e. The topological polar surface area (TPSA) is 124 Å². The van der Waals surface area contributed by atoms with Gasteiger partial charge in [0.25, 0.3) is 0 Å². The highest BCUT2D eigenvalue weighted by Gasteiger charge is 2.43. The normalized spacial score (nSPS) is 13.1. The molecule has 5 N–H and O–H groups in total. The molecule has 4 rings (SSSR count). The van der Waals surface area contributed by atoms with Gasteiger partial charge in [-0.15, -0.1) is 0 Å². The predicted octanol–water partition coefficient (Wildman–Crippen LogP) is 5.17. The van der Waals surface area contributed by atoms with Crippen LogP contribution in [0.2, 0.25) is 0 Å². The summed E-state index contributed by atoms with van der Waals surface area (Å²) in [6.07, 6.45) is -7.04. The van der Waals surface area contributed by atoms with Crippen molar-refractivity contribution in [2.24, 2.45) is 5.73 Å². The van der Waals surface area contributed by atoms with E-state index in [1.54, 1.807) is 30.3 Å². The number of carboxylic acid groups (broad SMARTS) is 1. The third-order valence-electron chi connectivity index (χ3n) is 5.65. The highest BCUT2D eigenvalue weighted by Crippen LogP contribution is 2.38. The predicted molar refractivity (Wildman–Crippen MR) is 132 cm³/mol. The number of benzene rings is 3. The number of aromatic nitrogens is 2. The molecule has 0 aliphatic carbocycles. The second kappa shape index (κ2) is 10.9. The molecule has 0 fully saturated rings. The lowest BCUT2D eigenvalue weighted by Crippen LogP contribution is -2.32. The second-order valence-electron chi connectivity index (χ2n) is 8.47. The van der Waals surface area contributed by atoms with Crippen LogP contribution in [-0.2, 0) is 11.2 Å². The van der Waals surface area contributed by atoms with Crippen LogP contribution in [0.1, 0.15) is 17.2 Å². The fourth-order valence-electron chi connectivity index (χ4n) is 3.77. The summed E-state index contributed by atoms with van der Waals surface area (Å²) >= 11 is 0. The number of hydrogen-bond donors (Lipinski definition) is 3. The number of ether oxygens (including phenoxy) is 1. The highest BCUT2D eigenvalue weighted by atomic mass is 19.4. The van der Waals surface area contributed by atoms with Gasteiger partial charge in [0, 0.05) is 17.2 Å². The lowest BCUT2D eigenvalue weighted by molar-refractivity contribution is -0.198. The van der Waals surface area contributed by atoms with E-state index < -0.39 is 30.1 Å². The Bertz CT molecular complexity index is 1430. The van der Waals surface area contributed by atoms with Gasteiger partial charge in [-0.1, -0.05) is 60.7 Å². The van der Waals surface area contributed by atoms with Gasteiger partial charge in [0.15, 0.2) is 0 Å². The van der Waals surface area contributed by atoms with E-state index in [1.807, 2.05) is 0 Å². The average molecular weight is 526 g/mol. The Hall–Kier alpha value is -4.51. The summed E-state index contributed by atoms with van der Waals surface area (Å²) in [5.74, 6) is -2.28. The zero-order valence-electron chi connectivity index (χ0n) is 19.7. The number of carbonyl (C=O) groups is 1. The molecule has 3 aromatic carbocycles. The number of alkyl halides is 3. The smallest absolute Gasteiger partial charge is 0.429 e. The molecule has 0 unspecified atom stereocenters. The first-order valence-corrected chi connectivity index (χ1v) is 11.3. The van der Waals surface area contributed by atoms with E-state index in [0.29, 0.717) is 22.3 Å². The van der Waals surface area contributed by atoms with Crippen LogP contribution in [0.4, 0.5) is 23.5 Å². The van der Waals surface area contributed by atoms with Gasteiger partial charge in [-0.3, -0.25) is 4.79 Å². The molecule has 0 amide bonds. The second-order valence-corrected chi connectivity index (χ2v) is 8.47. The number of nitrogens with zero attached hydrogens (tertiary/aromatic N) is 2. The van der Waals surface area contributed by atoms with Crippen LogP contribution >= 0.6 is 0 Å². The number of aliphatic carboxylic acids is 1. The summed E-state index contributed by atoms with van der Waals surface area (Å²) in [5, 5.41) is 8.96. The van der Waals surface area contributed by atoms with Crippen LogP contribution < -0.4 is 16.2 Å². The van der Waals surface area contributed by atoms with E-state index in [-0.39, 0.29) is 29.5 Å². The van der Waals surface area contributed by atoms with E-state index in [4.69, 9.17) is 21.3 Å². The Labute approximate surface area is 214 Å². The van der Waals surface area contributed by atoms with E-state index in [2.05, 4.69) is 9.97 Å². The summed E-state index contributed by atoms with van der Waals surface area (Å²) in [5.41, 5.74) is 13.5. The van der Waals surface area contributed by atoms with Gasteiger partial charge in [0.05, 0.1) is 5.69 Å². The SMILES string of the molecule is Nc1nc(O[C@@H](c2ccc(-c3cccc(F)c3)cc2)C(F)(F)F)cc(-c2ccc(C[C@H](N)C(=O)O)cc2)n1. The van der Waals surface area contributed by atoms with Crippen molar-refractivity contribution >= 4 is 11.9 Å². The van der Waals surface area contributed by atoms with Crippen molar-refractivity contribution in [2.75, 3.05) is 5.73 Å². The Kier molecular flexibility index (Phi) is 7.58. The molecule has 1 aromatic heterocycles. The molecule has 0 spiro atoms. The van der Waals surface area contributed by atoms with Crippen molar-refractivity contribution in [3.05, 3.63) is 95.8 Å². The van der Waals surface area contributed by atoms with Crippen LogP contribution in [0.15, 0.2) is 78.9 Å². The van der Waals surface area contributed by atoms with Crippen LogP contribution in [-0.4, -0.2) is 33.3 Å². The number of nitrogen functional groups attached to an aromatic ring is 1. The Balaban J connectivity index is 1.58. The van der Waals surface area contributed by atoms with Crippen molar-refractivity contribution in [3.8, 4) is 28.3 Å². The number of halogens is 4. The van der Waals surface area contributed by atoms with Gasteiger partial charge < -0.3 is 21.3 Å². The van der Waals surface area contributed by atoms with E-state index >= 15 is 0 Å². The molecule has 0 aliphatic rings.